The first kappa shape index (κ1) is 40.6. The highest BCUT2D eigenvalue weighted by atomic mass is 28.4. The van der Waals surface area contributed by atoms with E-state index in [1.54, 1.807) is 21.3 Å². The predicted molar refractivity (Wildman–Crippen MR) is 170 cm³/mol. The molecule has 0 aromatic heterocycles. The van der Waals surface area contributed by atoms with Gasteiger partial charge in [-0.05, 0) is 33.6 Å². The molecule has 0 saturated carbocycles. The minimum absolute atomic E-state index is 0.679. The standard InChI is InChI=1S/C14H32O3Si.C11H26O3Si.C6H6/c1-5-6-7-8-9-10-11-12-13-14-18(15-2,16-3)17-4;1-5-9-10-11-15(12-6-2,13-7-3)14-8-4;1-2-4-6-5-3-1/h5-14H2,1-4H3;5-11H2,1-4H3;1-6H. The highest BCUT2D eigenvalue weighted by molar-refractivity contribution is 6.61. The molecule has 232 valence electrons. The second-order valence-corrected chi connectivity index (χ2v) is 15.3. The summed E-state index contributed by atoms with van der Waals surface area (Å²) < 4.78 is 33.5. The normalized spacial score (nSPS) is 11.4. The first-order valence-corrected chi connectivity index (χ1v) is 19.4. The van der Waals surface area contributed by atoms with Gasteiger partial charge < -0.3 is 26.6 Å². The van der Waals surface area contributed by atoms with Gasteiger partial charge in [-0.1, -0.05) is 114 Å². The molecule has 0 heterocycles. The predicted octanol–water partition coefficient (Wildman–Crippen LogP) is 9.31. The van der Waals surface area contributed by atoms with E-state index in [1.165, 1.54) is 64.2 Å². The van der Waals surface area contributed by atoms with Crippen LogP contribution in [0.15, 0.2) is 36.4 Å². The highest BCUT2D eigenvalue weighted by Crippen LogP contribution is 2.20. The van der Waals surface area contributed by atoms with E-state index in [-0.39, 0.29) is 0 Å². The van der Waals surface area contributed by atoms with Crippen LogP contribution in [0.25, 0.3) is 0 Å². The maximum atomic E-state index is 5.75. The zero-order valence-electron chi connectivity index (χ0n) is 26.9. The van der Waals surface area contributed by atoms with Crippen LogP contribution >= 0.6 is 0 Å². The summed E-state index contributed by atoms with van der Waals surface area (Å²) in [6, 6.07) is 13.9. The molecule has 0 amide bonds. The fourth-order valence-electron chi connectivity index (χ4n) is 4.19. The first-order valence-electron chi connectivity index (χ1n) is 15.6. The molecular formula is C31H64O6Si2. The lowest BCUT2D eigenvalue weighted by molar-refractivity contribution is 0.0706. The summed E-state index contributed by atoms with van der Waals surface area (Å²) in [7, 11) is 0.426. The molecule has 1 aromatic rings. The van der Waals surface area contributed by atoms with Crippen LogP contribution in [0.1, 0.15) is 112 Å². The minimum atomic E-state index is -2.33. The molecule has 39 heavy (non-hydrogen) atoms. The van der Waals surface area contributed by atoms with Crippen LogP contribution in [0.3, 0.4) is 0 Å². The first-order chi connectivity index (χ1) is 19.0. The van der Waals surface area contributed by atoms with E-state index in [4.69, 9.17) is 26.6 Å². The molecule has 0 aliphatic heterocycles. The molecule has 0 saturated heterocycles. The lowest BCUT2D eigenvalue weighted by Gasteiger charge is -2.28. The quantitative estimate of drug-likeness (QED) is 0.0938. The van der Waals surface area contributed by atoms with Crippen molar-refractivity contribution < 1.29 is 26.6 Å². The van der Waals surface area contributed by atoms with Crippen molar-refractivity contribution >= 4 is 17.6 Å². The maximum Gasteiger partial charge on any atom is 0.500 e. The summed E-state index contributed by atoms with van der Waals surface area (Å²) in [6.45, 7) is 12.5. The Kier molecular flexibility index (Phi) is 31.6. The van der Waals surface area contributed by atoms with Gasteiger partial charge in [0.25, 0.3) is 0 Å². The van der Waals surface area contributed by atoms with Crippen molar-refractivity contribution in [3.05, 3.63) is 36.4 Å². The van der Waals surface area contributed by atoms with Gasteiger partial charge in [0, 0.05) is 53.2 Å². The lowest BCUT2D eigenvalue weighted by Crippen LogP contribution is -2.45. The van der Waals surface area contributed by atoms with E-state index in [1.807, 2.05) is 57.2 Å². The van der Waals surface area contributed by atoms with Crippen molar-refractivity contribution in [3.63, 3.8) is 0 Å². The van der Waals surface area contributed by atoms with Gasteiger partial charge >= 0.3 is 17.6 Å². The second kappa shape index (κ2) is 30.4. The van der Waals surface area contributed by atoms with Gasteiger partial charge in [-0.3, -0.25) is 0 Å². The number of benzene rings is 1. The van der Waals surface area contributed by atoms with E-state index in [0.29, 0.717) is 19.8 Å². The molecule has 8 heteroatoms. The van der Waals surface area contributed by atoms with Crippen LogP contribution in [0.2, 0.25) is 12.1 Å². The van der Waals surface area contributed by atoms with Crippen LogP contribution in [0.5, 0.6) is 0 Å². The summed E-state index contributed by atoms with van der Waals surface area (Å²) in [5.41, 5.74) is 0. The minimum Gasteiger partial charge on any atom is -0.377 e. The van der Waals surface area contributed by atoms with Crippen LogP contribution in [-0.4, -0.2) is 58.8 Å². The summed E-state index contributed by atoms with van der Waals surface area (Å²) in [6.07, 6.45) is 15.6. The van der Waals surface area contributed by atoms with Gasteiger partial charge in [-0.15, -0.1) is 0 Å². The number of rotatable bonds is 23. The van der Waals surface area contributed by atoms with Crippen molar-refractivity contribution in [2.75, 3.05) is 41.2 Å². The van der Waals surface area contributed by atoms with Crippen molar-refractivity contribution in [2.24, 2.45) is 0 Å². The molecule has 0 atom stereocenters. The summed E-state index contributed by atoms with van der Waals surface area (Å²) in [5, 5.41) is 0. The maximum absolute atomic E-state index is 5.75. The number of hydrogen-bond donors (Lipinski definition) is 0. The molecule has 0 N–H and O–H groups in total. The highest BCUT2D eigenvalue weighted by Gasteiger charge is 2.39. The lowest BCUT2D eigenvalue weighted by atomic mass is 10.1. The SMILES string of the molecule is CCCCCCCCCCC[Si](OC)(OC)OC.CCCCC[Si](OCC)(OCC)OCC.c1ccccc1. The average Bonchev–Trinajstić information content (AvgIpc) is 2.97. The Morgan fingerprint density at radius 1 is 0.385 bits per heavy atom. The van der Waals surface area contributed by atoms with E-state index < -0.39 is 17.6 Å². The molecule has 0 radical (unpaired) electrons. The van der Waals surface area contributed by atoms with Gasteiger partial charge in [-0.2, -0.15) is 0 Å². The number of unbranched alkanes of at least 4 members (excludes halogenated alkanes) is 10. The molecule has 0 aliphatic rings. The Bertz CT molecular complexity index is 523. The molecule has 0 fully saturated rings. The zero-order valence-corrected chi connectivity index (χ0v) is 28.9. The molecule has 0 bridgehead atoms. The van der Waals surface area contributed by atoms with Crippen molar-refractivity contribution in [2.45, 2.75) is 124 Å². The Balaban J connectivity index is 0. The average molecular weight is 589 g/mol. The summed E-state index contributed by atoms with van der Waals surface area (Å²) >= 11 is 0. The van der Waals surface area contributed by atoms with Crippen LogP contribution in [-0.2, 0) is 26.6 Å². The Morgan fingerprint density at radius 2 is 0.667 bits per heavy atom. The smallest absolute Gasteiger partial charge is 0.377 e. The van der Waals surface area contributed by atoms with Crippen molar-refractivity contribution in [3.8, 4) is 0 Å². The van der Waals surface area contributed by atoms with Gasteiger partial charge in [0.15, 0.2) is 0 Å². The molecule has 0 aliphatic carbocycles. The fraction of sp³-hybridized carbons (Fsp3) is 0.806. The molecule has 1 aromatic carbocycles. The molecule has 1 rings (SSSR count). The zero-order chi connectivity index (χ0) is 29.5. The van der Waals surface area contributed by atoms with Gasteiger partial charge in [0.2, 0.25) is 0 Å². The molecular weight excluding hydrogens is 525 g/mol. The third-order valence-corrected chi connectivity index (χ3v) is 12.3. The summed E-state index contributed by atoms with van der Waals surface area (Å²) in [5.74, 6) is 0. The fourth-order valence-corrected chi connectivity index (χ4v) is 8.67. The third kappa shape index (κ3) is 23.8. The van der Waals surface area contributed by atoms with E-state index in [0.717, 1.165) is 24.9 Å². The summed E-state index contributed by atoms with van der Waals surface area (Å²) in [4.78, 5) is 0. The van der Waals surface area contributed by atoms with E-state index in [9.17, 15) is 0 Å². The van der Waals surface area contributed by atoms with Crippen molar-refractivity contribution in [1.29, 1.82) is 0 Å². The van der Waals surface area contributed by atoms with E-state index in [2.05, 4.69) is 13.8 Å². The largest absolute Gasteiger partial charge is 0.500 e. The van der Waals surface area contributed by atoms with Crippen LogP contribution in [0.4, 0.5) is 0 Å². The number of hydrogen-bond acceptors (Lipinski definition) is 6. The molecule has 0 spiro atoms. The van der Waals surface area contributed by atoms with Gasteiger partial charge in [0.1, 0.15) is 0 Å². The Morgan fingerprint density at radius 3 is 1.00 bits per heavy atom. The van der Waals surface area contributed by atoms with Crippen molar-refractivity contribution in [1.82, 2.24) is 0 Å². The van der Waals surface area contributed by atoms with E-state index >= 15 is 0 Å². The van der Waals surface area contributed by atoms with Gasteiger partial charge in [-0.25, -0.2) is 0 Å². The Labute approximate surface area is 245 Å². The molecule has 6 nitrogen and oxygen atoms in total. The molecule has 0 unspecified atom stereocenters. The second-order valence-electron chi connectivity index (χ2n) is 9.47. The Hall–Kier alpha value is -0.586. The van der Waals surface area contributed by atoms with Crippen LogP contribution < -0.4 is 0 Å². The van der Waals surface area contributed by atoms with Crippen LogP contribution in [0, 0.1) is 0 Å². The third-order valence-electron chi connectivity index (χ3n) is 6.37. The monoisotopic (exact) mass is 588 g/mol. The van der Waals surface area contributed by atoms with Gasteiger partial charge in [0.05, 0.1) is 0 Å². The topological polar surface area (TPSA) is 55.4 Å².